The molecule has 0 saturated heterocycles. The Labute approximate surface area is 551 Å². The summed E-state index contributed by atoms with van der Waals surface area (Å²) in [5.41, 5.74) is 0. The SMILES string of the molecule is CCCCCCCC/C=C\CCCCCCCCCCCC(=O)OCCCCCCCCCCCCCCCCCCCCCCCCCCCCCCCCCC(=O)NC(CO)C(O)/C=C/CCCCCCCCCCCCCCCCCCCCC. The Hall–Kier alpha value is -1.66. The molecule has 2 unspecified atom stereocenters. The highest BCUT2D eigenvalue weighted by molar-refractivity contribution is 5.76. The number of hydrogen-bond donors (Lipinski definition) is 3. The van der Waals surface area contributed by atoms with Gasteiger partial charge in [0, 0.05) is 12.8 Å². The van der Waals surface area contributed by atoms with Gasteiger partial charge in [0.15, 0.2) is 0 Å². The lowest BCUT2D eigenvalue weighted by Gasteiger charge is -2.20. The van der Waals surface area contributed by atoms with Crippen molar-refractivity contribution in [1.82, 2.24) is 5.32 Å². The molecule has 0 spiro atoms. The van der Waals surface area contributed by atoms with Crippen LogP contribution in [0.4, 0.5) is 0 Å². The van der Waals surface area contributed by atoms with E-state index < -0.39 is 12.1 Å². The first-order valence-corrected chi connectivity index (χ1v) is 40.6. The number of carbonyl (C=O) groups excluding carboxylic acids is 2. The van der Waals surface area contributed by atoms with Crippen molar-refractivity contribution in [2.75, 3.05) is 13.2 Å². The summed E-state index contributed by atoms with van der Waals surface area (Å²) in [5, 5.41) is 23.3. The minimum Gasteiger partial charge on any atom is -0.466 e. The Morgan fingerprint density at radius 1 is 0.307 bits per heavy atom. The molecule has 6 heteroatoms. The number of unbranched alkanes of at least 4 members (excludes halogenated alkanes) is 64. The standard InChI is InChI=1S/C82H159NO5/c1-3-5-7-9-11-13-15-17-19-21-23-35-39-42-46-50-54-58-62-66-70-74-80(85)79(78-84)83-81(86)75-71-67-63-59-55-51-47-43-40-36-33-31-29-27-25-24-26-28-30-32-34-37-41-45-49-53-57-61-65-69-73-77-88-82(87)76-72-68-64-60-56-52-48-44-38-22-20-18-16-14-12-10-8-6-4-2/h18,20,70,74,79-80,84-85H,3-17,19,21-69,71-73,75-78H2,1-2H3,(H,83,86)/b20-18-,74-70+. The van der Waals surface area contributed by atoms with Gasteiger partial charge in [-0.25, -0.2) is 0 Å². The highest BCUT2D eigenvalue weighted by Gasteiger charge is 2.18. The van der Waals surface area contributed by atoms with Gasteiger partial charge in [-0.2, -0.15) is 0 Å². The minimum atomic E-state index is -0.842. The third kappa shape index (κ3) is 73.4. The van der Waals surface area contributed by atoms with E-state index in [0.29, 0.717) is 19.4 Å². The van der Waals surface area contributed by atoms with Crippen molar-refractivity contribution in [2.24, 2.45) is 0 Å². The molecule has 0 aliphatic rings. The molecule has 0 rings (SSSR count). The van der Waals surface area contributed by atoms with Crippen LogP contribution >= 0.6 is 0 Å². The zero-order valence-corrected chi connectivity index (χ0v) is 60.0. The molecule has 0 aliphatic heterocycles. The molecule has 88 heavy (non-hydrogen) atoms. The monoisotopic (exact) mass is 1240 g/mol. The van der Waals surface area contributed by atoms with Gasteiger partial charge in [-0.05, 0) is 57.8 Å². The lowest BCUT2D eigenvalue weighted by Crippen LogP contribution is -2.45. The first kappa shape index (κ1) is 86.3. The van der Waals surface area contributed by atoms with E-state index in [4.69, 9.17) is 4.74 Å². The number of aliphatic hydroxyl groups is 2. The summed E-state index contributed by atoms with van der Waals surface area (Å²) < 4.78 is 5.52. The van der Waals surface area contributed by atoms with Gasteiger partial charge < -0.3 is 20.3 Å². The fraction of sp³-hybridized carbons (Fsp3) is 0.927. The van der Waals surface area contributed by atoms with Crippen LogP contribution in [0.5, 0.6) is 0 Å². The zero-order chi connectivity index (χ0) is 63.5. The summed E-state index contributed by atoms with van der Waals surface area (Å²) >= 11 is 0. The Bertz CT molecular complexity index is 1380. The normalized spacial score (nSPS) is 12.5. The van der Waals surface area contributed by atoms with E-state index >= 15 is 0 Å². The highest BCUT2D eigenvalue weighted by Crippen LogP contribution is 2.20. The van der Waals surface area contributed by atoms with E-state index in [1.54, 1.807) is 6.08 Å². The van der Waals surface area contributed by atoms with Crippen molar-refractivity contribution in [3.8, 4) is 0 Å². The Morgan fingerprint density at radius 2 is 0.534 bits per heavy atom. The third-order valence-corrected chi connectivity index (χ3v) is 19.2. The summed E-state index contributed by atoms with van der Waals surface area (Å²) in [4.78, 5) is 24.7. The van der Waals surface area contributed by atoms with Gasteiger partial charge in [0.05, 0.1) is 25.4 Å². The first-order valence-electron chi connectivity index (χ1n) is 40.6. The zero-order valence-electron chi connectivity index (χ0n) is 60.0. The van der Waals surface area contributed by atoms with Crippen LogP contribution in [0.1, 0.15) is 463 Å². The Morgan fingerprint density at radius 3 is 0.807 bits per heavy atom. The third-order valence-electron chi connectivity index (χ3n) is 19.2. The van der Waals surface area contributed by atoms with E-state index in [1.807, 2.05) is 6.08 Å². The molecule has 0 aromatic heterocycles. The molecule has 6 nitrogen and oxygen atoms in total. The molecular weight excluding hydrogens is 1080 g/mol. The first-order chi connectivity index (χ1) is 43.5. The summed E-state index contributed by atoms with van der Waals surface area (Å²) in [7, 11) is 0. The minimum absolute atomic E-state index is 0.0211. The second-order valence-corrected chi connectivity index (χ2v) is 28.1. The number of amides is 1. The fourth-order valence-corrected chi connectivity index (χ4v) is 13.0. The maximum atomic E-state index is 12.5. The van der Waals surface area contributed by atoms with Gasteiger partial charge in [-0.1, -0.05) is 417 Å². The number of ether oxygens (including phenoxy) is 1. The summed E-state index contributed by atoms with van der Waals surface area (Å²) in [6.45, 7) is 4.96. The Kier molecular flexibility index (Phi) is 76.3. The fourth-order valence-electron chi connectivity index (χ4n) is 13.0. The van der Waals surface area contributed by atoms with E-state index in [0.717, 1.165) is 38.5 Å². The number of esters is 1. The highest BCUT2D eigenvalue weighted by atomic mass is 16.5. The number of allylic oxidation sites excluding steroid dienone is 3. The molecule has 0 aliphatic carbocycles. The van der Waals surface area contributed by atoms with Crippen molar-refractivity contribution in [3.63, 3.8) is 0 Å². The molecule has 1 amide bonds. The van der Waals surface area contributed by atoms with Crippen molar-refractivity contribution >= 4 is 11.9 Å². The molecule has 3 N–H and O–H groups in total. The molecule has 0 saturated carbocycles. The average molecular weight is 1240 g/mol. The maximum Gasteiger partial charge on any atom is 0.305 e. The van der Waals surface area contributed by atoms with Crippen molar-refractivity contribution in [2.45, 2.75) is 475 Å². The molecule has 0 aromatic carbocycles. The number of nitrogens with one attached hydrogen (secondary N) is 1. The van der Waals surface area contributed by atoms with E-state index in [1.165, 1.54) is 398 Å². The molecular formula is C82H159NO5. The van der Waals surface area contributed by atoms with Crippen LogP contribution in [0.15, 0.2) is 24.3 Å². The maximum absolute atomic E-state index is 12.5. The predicted octanol–water partition coefficient (Wildman–Crippen LogP) is 26.8. The van der Waals surface area contributed by atoms with E-state index in [2.05, 4.69) is 31.3 Å². The largest absolute Gasteiger partial charge is 0.466 e. The van der Waals surface area contributed by atoms with E-state index in [-0.39, 0.29) is 18.5 Å². The molecule has 0 bridgehead atoms. The smallest absolute Gasteiger partial charge is 0.305 e. The van der Waals surface area contributed by atoms with Gasteiger partial charge in [0.25, 0.3) is 0 Å². The van der Waals surface area contributed by atoms with Crippen molar-refractivity contribution < 1.29 is 24.5 Å². The quantitative estimate of drug-likeness (QED) is 0.0320. The van der Waals surface area contributed by atoms with Crippen LogP contribution in [-0.2, 0) is 14.3 Å². The van der Waals surface area contributed by atoms with Crippen molar-refractivity contribution in [1.29, 1.82) is 0 Å². The lowest BCUT2D eigenvalue weighted by molar-refractivity contribution is -0.143. The molecule has 0 fully saturated rings. The summed E-state index contributed by atoms with van der Waals surface area (Å²) in [6.07, 6.45) is 100. The Balaban J connectivity index is 3.34. The molecule has 0 radical (unpaired) electrons. The second kappa shape index (κ2) is 77.8. The number of carbonyl (C=O) groups is 2. The van der Waals surface area contributed by atoms with Crippen molar-refractivity contribution in [3.05, 3.63) is 24.3 Å². The van der Waals surface area contributed by atoms with Gasteiger partial charge >= 0.3 is 5.97 Å². The number of aliphatic hydroxyl groups excluding tert-OH is 2. The summed E-state index contributed by atoms with van der Waals surface area (Å²) in [5.74, 6) is -0.0377. The second-order valence-electron chi connectivity index (χ2n) is 28.1. The van der Waals surface area contributed by atoms with Crippen LogP contribution in [0.3, 0.4) is 0 Å². The molecule has 0 heterocycles. The molecule has 2 atom stereocenters. The average Bonchev–Trinajstić information content (AvgIpc) is 3.57. The van der Waals surface area contributed by atoms with Gasteiger partial charge in [-0.15, -0.1) is 0 Å². The van der Waals surface area contributed by atoms with E-state index in [9.17, 15) is 19.8 Å². The van der Waals surface area contributed by atoms with Crippen LogP contribution in [0.2, 0.25) is 0 Å². The van der Waals surface area contributed by atoms with Gasteiger partial charge in [0.1, 0.15) is 0 Å². The van der Waals surface area contributed by atoms with Crippen LogP contribution in [-0.4, -0.2) is 47.4 Å². The lowest BCUT2D eigenvalue weighted by atomic mass is 10.0. The predicted molar refractivity (Wildman–Crippen MR) is 389 cm³/mol. The topological polar surface area (TPSA) is 95.9 Å². The number of hydrogen-bond acceptors (Lipinski definition) is 5. The van der Waals surface area contributed by atoms with Crippen LogP contribution in [0, 0.1) is 0 Å². The van der Waals surface area contributed by atoms with Gasteiger partial charge in [-0.3, -0.25) is 9.59 Å². The number of rotatable bonds is 77. The van der Waals surface area contributed by atoms with Crippen LogP contribution in [0.25, 0.3) is 0 Å². The molecule has 0 aromatic rings. The van der Waals surface area contributed by atoms with Crippen LogP contribution < -0.4 is 5.32 Å². The van der Waals surface area contributed by atoms with Gasteiger partial charge in [0.2, 0.25) is 5.91 Å². The summed E-state index contributed by atoms with van der Waals surface area (Å²) in [6, 6.07) is -0.625. The molecule has 522 valence electrons.